The van der Waals surface area contributed by atoms with E-state index in [1.807, 2.05) is 13.8 Å². The molecule has 0 aliphatic carbocycles. The largest absolute Gasteiger partial charge is 0.369 e. The summed E-state index contributed by atoms with van der Waals surface area (Å²) in [5, 5.41) is 4.08. The third-order valence-corrected chi connectivity index (χ3v) is 3.16. The van der Waals surface area contributed by atoms with Crippen LogP contribution < -0.4 is 11.1 Å². The molecule has 0 aliphatic rings. The van der Waals surface area contributed by atoms with Gasteiger partial charge in [-0.3, -0.25) is 4.79 Å². The number of nitrogens with two attached hydrogens (primary N) is 1. The smallest absolute Gasteiger partial charge is 0.226 e. The second-order valence-electron chi connectivity index (χ2n) is 4.19. The maximum Gasteiger partial charge on any atom is 0.226 e. The second-order valence-corrected chi connectivity index (χ2v) is 5.01. The molecule has 0 radical (unpaired) electrons. The Morgan fingerprint density at radius 2 is 2.00 bits per heavy atom. The summed E-state index contributed by atoms with van der Waals surface area (Å²) < 4.78 is 0. The Kier molecular flexibility index (Phi) is 5.25. The van der Waals surface area contributed by atoms with Crippen molar-refractivity contribution in [3.63, 3.8) is 0 Å². The standard InChI is InChI=1S/C12H16Cl2N2O/c1-7(2)16-6-9(12(15)17)8-3-4-10(13)11(14)5-8/h3-5,7,9,16H,6H2,1-2H3,(H2,15,17)/t9-/m1/s1. The molecule has 0 aromatic heterocycles. The normalized spacial score (nSPS) is 12.8. The van der Waals surface area contributed by atoms with Gasteiger partial charge >= 0.3 is 0 Å². The number of halogens is 2. The van der Waals surface area contributed by atoms with Crippen molar-refractivity contribution in [2.75, 3.05) is 6.54 Å². The van der Waals surface area contributed by atoms with Gasteiger partial charge in [-0.15, -0.1) is 0 Å². The lowest BCUT2D eigenvalue weighted by atomic mass is 9.98. The maximum absolute atomic E-state index is 11.4. The molecule has 0 unspecified atom stereocenters. The highest BCUT2D eigenvalue weighted by molar-refractivity contribution is 6.42. The van der Waals surface area contributed by atoms with Crippen molar-refractivity contribution in [2.45, 2.75) is 25.8 Å². The van der Waals surface area contributed by atoms with E-state index in [9.17, 15) is 4.79 Å². The fourth-order valence-electron chi connectivity index (χ4n) is 1.47. The molecule has 0 spiro atoms. The summed E-state index contributed by atoms with van der Waals surface area (Å²) in [5.74, 6) is -0.774. The topological polar surface area (TPSA) is 55.1 Å². The third-order valence-electron chi connectivity index (χ3n) is 2.42. The summed E-state index contributed by atoms with van der Waals surface area (Å²) in [6.07, 6.45) is 0. The molecule has 1 amide bonds. The Balaban J connectivity index is 2.89. The number of hydrogen-bond acceptors (Lipinski definition) is 2. The molecule has 1 aromatic carbocycles. The van der Waals surface area contributed by atoms with Gasteiger partial charge < -0.3 is 11.1 Å². The lowest BCUT2D eigenvalue weighted by Gasteiger charge is -2.17. The summed E-state index contributed by atoms with van der Waals surface area (Å²) in [5.41, 5.74) is 6.17. The van der Waals surface area contributed by atoms with Crippen molar-refractivity contribution >= 4 is 29.1 Å². The first-order chi connectivity index (χ1) is 7.91. The molecule has 0 aliphatic heterocycles. The SMILES string of the molecule is CC(C)NC[C@@H](C(N)=O)c1ccc(Cl)c(Cl)c1. The van der Waals surface area contributed by atoms with Crippen LogP contribution in [0.15, 0.2) is 18.2 Å². The number of carbonyl (C=O) groups is 1. The fraction of sp³-hybridized carbons (Fsp3) is 0.417. The van der Waals surface area contributed by atoms with E-state index in [1.165, 1.54) is 0 Å². The van der Waals surface area contributed by atoms with E-state index in [-0.39, 0.29) is 5.91 Å². The lowest BCUT2D eigenvalue weighted by Crippen LogP contribution is -2.34. The predicted molar refractivity (Wildman–Crippen MR) is 71.5 cm³/mol. The Morgan fingerprint density at radius 3 is 2.47 bits per heavy atom. The molecule has 3 nitrogen and oxygen atoms in total. The minimum absolute atomic E-state index is 0.291. The second kappa shape index (κ2) is 6.24. The monoisotopic (exact) mass is 274 g/mol. The zero-order chi connectivity index (χ0) is 13.0. The van der Waals surface area contributed by atoms with Gasteiger partial charge in [0.25, 0.3) is 0 Å². The van der Waals surface area contributed by atoms with Crippen molar-refractivity contribution in [2.24, 2.45) is 5.73 Å². The molecule has 1 atom stereocenters. The maximum atomic E-state index is 11.4. The minimum atomic E-state index is -0.396. The van der Waals surface area contributed by atoms with Crippen molar-refractivity contribution < 1.29 is 4.79 Å². The van der Waals surface area contributed by atoms with Crippen LogP contribution >= 0.6 is 23.2 Å². The molecule has 0 fully saturated rings. The van der Waals surface area contributed by atoms with Gasteiger partial charge in [-0.25, -0.2) is 0 Å². The van der Waals surface area contributed by atoms with E-state index >= 15 is 0 Å². The highest BCUT2D eigenvalue weighted by Crippen LogP contribution is 2.26. The molecule has 94 valence electrons. The quantitative estimate of drug-likeness (QED) is 0.867. The van der Waals surface area contributed by atoms with Crippen molar-refractivity contribution in [3.8, 4) is 0 Å². The number of carbonyl (C=O) groups excluding carboxylic acids is 1. The summed E-state index contributed by atoms with van der Waals surface area (Å²) in [6.45, 7) is 4.50. The molecule has 0 saturated carbocycles. The first kappa shape index (κ1) is 14.3. The summed E-state index contributed by atoms with van der Waals surface area (Å²) in [4.78, 5) is 11.4. The van der Waals surface area contributed by atoms with Crippen LogP contribution in [0.25, 0.3) is 0 Å². The number of benzene rings is 1. The average molecular weight is 275 g/mol. The molecule has 0 saturated heterocycles. The molecular formula is C12H16Cl2N2O. The summed E-state index contributed by atoms with van der Waals surface area (Å²) >= 11 is 11.7. The zero-order valence-electron chi connectivity index (χ0n) is 9.84. The van der Waals surface area contributed by atoms with Crippen LogP contribution in [0.3, 0.4) is 0 Å². The molecule has 1 aromatic rings. The Morgan fingerprint density at radius 1 is 1.35 bits per heavy atom. The van der Waals surface area contributed by atoms with Gasteiger partial charge in [-0.05, 0) is 17.7 Å². The van der Waals surface area contributed by atoms with Gasteiger partial charge in [0, 0.05) is 12.6 Å². The molecule has 3 N–H and O–H groups in total. The number of hydrogen-bond donors (Lipinski definition) is 2. The van der Waals surface area contributed by atoms with Crippen LogP contribution in [-0.4, -0.2) is 18.5 Å². The minimum Gasteiger partial charge on any atom is -0.369 e. The third kappa shape index (κ3) is 4.19. The number of primary amides is 1. The van der Waals surface area contributed by atoms with Gasteiger partial charge in [-0.2, -0.15) is 0 Å². The molecular weight excluding hydrogens is 259 g/mol. The van der Waals surface area contributed by atoms with Crippen molar-refractivity contribution in [3.05, 3.63) is 33.8 Å². The van der Waals surface area contributed by atoms with Crippen LogP contribution in [0, 0.1) is 0 Å². The van der Waals surface area contributed by atoms with Gasteiger partial charge in [-0.1, -0.05) is 43.1 Å². The Bertz CT molecular complexity index is 407. The summed E-state index contributed by atoms with van der Waals surface area (Å²) in [6, 6.07) is 5.41. The van der Waals surface area contributed by atoms with Crippen LogP contribution in [0.1, 0.15) is 25.3 Å². The van der Waals surface area contributed by atoms with Crippen molar-refractivity contribution in [1.82, 2.24) is 5.32 Å². The van der Waals surface area contributed by atoms with Gasteiger partial charge in [0.15, 0.2) is 0 Å². The zero-order valence-corrected chi connectivity index (χ0v) is 11.3. The highest BCUT2D eigenvalue weighted by Gasteiger charge is 2.18. The molecule has 0 bridgehead atoms. The van der Waals surface area contributed by atoms with E-state index in [2.05, 4.69) is 5.32 Å². The van der Waals surface area contributed by atoms with E-state index in [0.717, 1.165) is 5.56 Å². The lowest BCUT2D eigenvalue weighted by molar-refractivity contribution is -0.119. The predicted octanol–water partition coefficient (Wildman–Crippen LogP) is 2.56. The van der Waals surface area contributed by atoms with Crippen LogP contribution in [0.2, 0.25) is 10.0 Å². The van der Waals surface area contributed by atoms with Gasteiger partial charge in [0.05, 0.1) is 16.0 Å². The molecule has 5 heteroatoms. The van der Waals surface area contributed by atoms with Crippen molar-refractivity contribution in [1.29, 1.82) is 0 Å². The van der Waals surface area contributed by atoms with Gasteiger partial charge in [0.1, 0.15) is 0 Å². The highest BCUT2D eigenvalue weighted by atomic mass is 35.5. The molecule has 17 heavy (non-hydrogen) atoms. The van der Waals surface area contributed by atoms with E-state index in [4.69, 9.17) is 28.9 Å². The fourth-order valence-corrected chi connectivity index (χ4v) is 1.77. The number of rotatable bonds is 5. The van der Waals surface area contributed by atoms with Crippen LogP contribution in [0.5, 0.6) is 0 Å². The molecule has 0 heterocycles. The van der Waals surface area contributed by atoms with Crippen LogP contribution in [0.4, 0.5) is 0 Å². The van der Waals surface area contributed by atoms with E-state index in [1.54, 1.807) is 18.2 Å². The Hall–Kier alpha value is -0.770. The number of amides is 1. The number of nitrogens with one attached hydrogen (secondary N) is 1. The molecule has 1 rings (SSSR count). The average Bonchev–Trinajstić information content (AvgIpc) is 2.22. The first-order valence-corrected chi connectivity index (χ1v) is 6.15. The van der Waals surface area contributed by atoms with Crippen LogP contribution in [-0.2, 0) is 4.79 Å². The van der Waals surface area contributed by atoms with E-state index < -0.39 is 5.92 Å². The Labute approximate surface area is 111 Å². The van der Waals surface area contributed by atoms with Gasteiger partial charge in [0.2, 0.25) is 5.91 Å². The first-order valence-electron chi connectivity index (χ1n) is 5.39. The van der Waals surface area contributed by atoms with E-state index in [0.29, 0.717) is 22.6 Å². The summed E-state index contributed by atoms with van der Waals surface area (Å²) in [7, 11) is 0.